The van der Waals surface area contributed by atoms with Crippen LogP contribution in [0.25, 0.3) is 22.2 Å². The first-order valence-corrected chi connectivity index (χ1v) is 10.2. The third-order valence-electron chi connectivity index (χ3n) is 4.52. The van der Waals surface area contributed by atoms with Gasteiger partial charge in [-0.15, -0.1) is 0 Å². The van der Waals surface area contributed by atoms with Crippen LogP contribution in [-0.2, 0) is 16.6 Å². The molecule has 2 heterocycles. The van der Waals surface area contributed by atoms with Gasteiger partial charge < -0.3 is 5.32 Å². The van der Waals surface area contributed by atoms with Gasteiger partial charge in [-0.3, -0.25) is 4.98 Å². The van der Waals surface area contributed by atoms with Crippen molar-refractivity contribution in [2.24, 2.45) is 0 Å². The molecule has 0 saturated carbocycles. The Morgan fingerprint density at radius 2 is 1.82 bits per heavy atom. The molecule has 5 nitrogen and oxygen atoms in total. The van der Waals surface area contributed by atoms with Gasteiger partial charge >= 0.3 is 0 Å². The summed E-state index contributed by atoms with van der Waals surface area (Å²) in [5.74, 6) is -0.479. The molecule has 2 aromatic carbocycles. The van der Waals surface area contributed by atoms with Crippen LogP contribution < -0.4 is 5.32 Å². The molecule has 0 saturated heterocycles. The maximum atomic E-state index is 14.5. The van der Waals surface area contributed by atoms with Crippen LogP contribution in [0.3, 0.4) is 0 Å². The van der Waals surface area contributed by atoms with Gasteiger partial charge in [-0.25, -0.2) is 16.8 Å². The zero-order valence-corrected chi connectivity index (χ0v) is 15.9. The molecule has 0 aliphatic carbocycles. The fraction of sp³-hybridized carbons (Fsp3) is 0.0952. The second kappa shape index (κ2) is 7.18. The number of nitrogens with zero attached hydrogens (tertiary/aromatic N) is 2. The zero-order chi connectivity index (χ0) is 19.7. The zero-order valence-electron chi connectivity index (χ0n) is 15.1. The quantitative estimate of drug-likeness (QED) is 0.558. The Balaban J connectivity index is 1.98. The minimum Gasteiger partial charge on any atom is -0.316 e. The van der Waals surface area contributed by atoms with E-state index in [2.05, 4.69) is 10.3 Å². The van der Waals surface area contributed by atoms with Crippen molar-refractivity contribution in [2.45, 2.75) is 11.4 Å². The molecule has 0 radical (unpaired) electrons. The Morgan fingerprint density at radius 3 is 2.61 bits per heavy atom. The summed E-state index contributed by atoms with van der Waals surface area (Å²) in [7, 11) is -2.21. The van der Waals surface area contributed by atoms with E-state index in [1.54, 1.807) is 55.6 Å². The van der Waals surface area contributed by atoms with E-state index in [9.17, 15) is 12.8 Å². The van der Waals surface area contributed by atoms with E-state index in [0.29, 0.717) is 17.4 Å². The van der Waals surface area contributed by atoms with Crippen LogP contribution in [-0.4, -0.2) is 24.4 Å². The molecule has 7 heteroatoms. The van der Waals surface area contributed by atoms with Crippen LogP contribution in [0.5, 0.6) is 0 Å². The number of aromatic nitrogens is 2. The second-order valence-electron chi connectivity index (χ2n) is 6.37. The highest BCUT2D eigenvalue weighted by molar-refractivity contribution is 7.90. The largest absolute Gasteiger partial charge is 0.316 e. The molecule has 4 rings (SSSR count). The number of hydrogen-bond acceptors (Lipinski definition) is 4. The summed E-state index contributed by atoms with van der Waals surface area (Å²) >= 11 is 0. The van der Waals surface area contributed by atoms with E-state index in [4.69, 9.17) is 0 Å². The lowest BCUT2D eigenvalue weighted by Crippen LogP contribution is -2.14. The summed E-state index contributed by atoms with van der Waals surface area (Å²) < 4.78 is 42.7. The maximum Gasteiger partial charge on any atom is 0.268 e. The summed E-state index contributed by atoms with van der Waals surface area (Å²) in [6, 6.07) is 16.4. The topological polar surface area (TPSA) is 64.0 Å². The number of rotatable bonds is 5. The van der Waals surface area contributed by atoms with Gasteiger partial charge in [0, 0.05) is 29.9 Å². The number of para-hydroxylation sites is 1. The summed E-state index contributed by atoms with van der Waals surface area (Å²) in [6.45, 7) is 0.459. The Morgan fingerprint density at radius 1 is 1.07 bits per heavy atom. The van der Waals surface area contributed by atoms with E-state index < -0.39 is 15.8 Å². The number of halogens is 1. The third-order valence-corrected chi connectivity index (χ3v) is 6.25. The Labute approximate surface area is 162 Å². The average Bonchev–Trinajstić information content (AvgIpc) is 3.13. The van der Waals surface area contributed by atoms with Crippen LogP contribution in [0.4, 0.5) is 4.39 Å². The van der Waals surface area contributed by atoms with Gasteiger partial charge in [0.1, 0.15) is 5.82 Å². The monoisotopic (exact) mass is 395 g/mol. The lowest BCUT2D eigenvalue weighted by atomic mass is 10.1. The fourth-order valence-electron chi connectivity index (χ4n) is 3.26. The molecule has 1 N–H and O–H groups in total. The number of nitrogens with one attached hydrogen (secondary N) is 1. The van der Waals surface area contributed by atoms with Crippen molar-refractivity contribution in [3.63, 3.8) is 0 Å². The number of pyridine rings is 1. The lowest BCUT2D eigenvalue weighted by molar-refractivity contribution is 0.588. The highest BCUT2D eigenvalue weighted by Gasteiger charge is 2.25. The van der Waals surface area contributed by atoms with Crippen LogP contribution in [0.1, 0.15) is 5.56 Å². The predicted molar refractivity (Wildman–Crippen MR) is 107 cm³/mol. The molecule has 4 aromatic rings. The molecule has 0 amide bonds. The van der Waals surface area contributed by atoms with Crippen molar-refractivity contribution in [3.8, 4) is 11.3 Å². The summed E-state index contributed by atoms with van der Waals surface area (Å²) in [5.41, 5.74) is 1.83. The van der Waals surface area contributed by atoms with Crippen LogP contribution in [0.15, 0.2) is 78.0 Å². The Kier molecular flexibility index (Phi) is 4.70. The van der Waals surface area contributed by atoms with Gasteiger partial charge in [0.05, 0.1) is 16.1 Å². The highest BCUT2D eigenvalue weighted by Crippen LogP contribution is 2.31. The van der Waals surface area contributed by atoms with E-state index in [1.165, 1.54) is 24.5 Å². The molecular weight excluding hydrogens is 377 g/mol. The predicted octanol–water partition coefficient (Wildman–Crippen LogP) is 3.80. The first-order chi connectivity index (χ1) is 13.5. The third kappa shape index (κ3) is 3.08. The van der Waals surface area contributed by atoms with Crippen LogP contribution in [0, 0.1) is 5.82 Å². The molecule has 2 aromatic heterocycles. The number of hydrogen-bond donors (Lipinski definition) is 1. The molecular formula is C21H18FN3O2S. The highest BCUT2D eigenvalue weighted by atomic mass is 32.2. The first-order valence-electron chi connectivity index (χ1n) is 8.72. The second-order valence-corrected chi connectivity index (χ2v) is 8.15. The molecule has 28 heavy (non-hydrogen) atoms. The first kappa shape index (κ1) is 18.3. The molecule has 0 bridgehead atoms. The van der Waals surface area contributed by atoms with E-state index in [-0.39, 0.29) is 16.2 Å². The summed E-state index contributed by atoms with van der Waals surface area (Å²) in [6.07, 6.45) is 3.00. The molecule has 142 valence electrons. The minimum atomic E-state index is -3.98. The van der Waals surface area contributed by atoms with Crippen molar-refractivity contribution in [2.75, 3.05) is 7.05 Å². The smallest absolute Gasteiger partial charge is 0.268 e. The van der Waals surface area contributed by atoms with Gasteiger partial charge in [0.15, 0.2) is 0 Å². The van der Waals surface area contributed by atoms with Gasteiger partial charge in [-0.1, -0.05) is 30.3 Å². The molecule has 0 fully saturated rings. The van der Waals surface area contributed by atoms with E-state index in [1.807, 2.05) is 0 Å². The molecule has 0 unspecified atom stereocenters. The fourth-order valence-corrected chi connectivity index (χ4v) is 4.84. The van der Waals surface area contributed by atoms with Gasteiger partial charge in [-0.05, 0) is 42.9 Å². The molecule has 0 aliphatic rings. The van der Waals surface area contributed by atoms with Gasteiger partial charge in [0.2, 0.25) is 0 Å². The summed E-state index contributed by atoms with van der Waals surface area (Å²) in [4.78, 5) is 4.36. The average molecular weight is 395 g/mol. The van der Waals surface area contributed by atoms with E-state index in [0.717, 1.165) is 9.54 Å². The molecule has 0 aliphatic heterocycles. The van der Waals surface area contributed by atoms with Crippen molar-refractivity contribution in [1.29, 1.82) is 0 Å². The van der Waals surface area contributed by atoms with Crippen LogP contribution >= 0.6 is 0 Å². The van der Waals surface area contributed by atoms with Gasteiger partial charge in [0.25, 0.3) is 10.0 Å². The van der Waals surface area contributed by atoms with Crippen molar-refractivity contribution in [3.05, 3.63) is 84.4 Å². The minimum absolute atomic E-state index is 0.127. The number of benzene rings is 2. The van der Waals surface area contributed by atoms with Crippen molar-refractivity contribution >= 4 is 20.9 Å². The Hall–Kier alpha value is -3.03. The summed E-state index contributed by atoms with van der Waals surface area (Å²) in [5, 5.41) is 3.52. The molecule has 0 spiro atoms. The SMILES string of the molecule is CNCc1cc(-c2ccccc2F)n(S(=O)(=O)c2ccnc3ccccc23)c1. The standard InChI is InChI=1S/C21H18FN3O2S/c1-23-13-15-12-20(16-6-2-4-8-18(16)22)25(14-15)28(26,27)21-10-11-24-19-9-5-3-7-17(19)21/h2-12,14,23H,13H2,1H3. The normalized spacial score (nSPS) is 11.8. The van der Waals surface area contributed by atoms with Crippen molar-refractivity contribution in [1.82, 2.24) is 14.3 Å². The Bertz CT molecular complexity index is 1260. The van der Waals surface area contributed by atoms with Crippen molar-refractivity contribution < 1.29 is 12.8 Å². The van der Waals surface area contributed by atoms with Crippen LogP contribution in [0.2, 0.25) is 0 Å². The maximum absolute atomic E-state index is 14.5. The molecule has 0 atom stereocenters. The number of fused-ring (bicyclic) bond motifs is 1. The van der Waals surface area contributed by atoms with Gasteiger partial charge in [-0.2, -0.15) is 0 Å². The van der Waals surface area contributed by atoms with E-state index >= 15 is 0 Å². The lowest BCUT2D eigenvalue weighted by Gasteiger charge is -2.13.